The lowest BCUT2D eigenvalue weighted by Gasteiger charge is -2.35. The SMILES string of the molecule is CC1(C)CNc2cccc(C(=O)O)c2N1. The zero-order valence-corrected chi connectivity index (χ0v) is 8.79. The highest BCUT2D eigenvalue weighted by Crippen LogP contribution is 2.32. The highest BCUT2D eigenvalue weighted by molar-refractivity contribution is 5.98. The van der Waals surface area contributed by atoms with Gasteiger partial charge in [-0.1, -0.05) is 6.07 Å². The summed E-state index contributed by atoms with van der Waals surface area (Å²) in [6.07, 6.45) is 0. The molecule has 80 valence electrons. The molecule has 0 unspecified atom stereocenters. The third kappa shape index (κ3) is 1.75. The molecule has 0 aromatic heterocycles. The molecule has 0 atom stereocenters. The van der Waals surface area contributed by atoms with Gasteiger partial charge in [0.1, 0.15) is 0 Å². The average Bonchev–Trinajstić information content (AvgIpc) is 2.15. The van der Waals surface area contributed by atoms with Crippen molar-refractivity contribution in [1.29, 1.82) is 0 Å². The van der Waals surface area contributed by atoms with Crippen LogP contribution in [0.5, 0.6) is 0 Å². The molecule has 0 amide bonds. The van der Waals surface area contributed by atoms with Crippen LogP contribution in [0.4, 0.5) is 11.4 Å². The van der Waals surface area contributed by atoms with E-state index in [4.69, 9.17) is 5.11 Å². The molecule has 1 aromatic carbocycles. The predicted molar refractivity (Wildman–Crippen MR) is 59.6 cm³/mol. The Hall–Kier alpha value is -1.71. The number of para-hydroxylation sites is 1. The Morgan fingerprint density at radius 2 is 2.20 bits per heavy atom. The van der Waals surface area contributed by atoms with Gasteiger partial charge in [0, 0.05) is 12.1 Å². The van der Waals surface area contributed by atoms with E-state index in [-0.39, 0.29) is 5.54 Å². The van der Waals surface area contributed by atoms with Gasteiger partial charge >= 0.3 is 5.97 Å². The fourth-order valence-electron chi connectivity index (χ4n) is 1.71. The van der Waals surface area contributed by atoms with Gasteiger partial charge in [0.2, 0.25) is 0 Å². The third-order valence-corrected chi connectivity index (χ3v) is 2.48. The Kier molecular flexibility index (Phi) is 2.07. The van der Waals surface area contributed by atoms with E-state index in [1.807, 2.05) is 19.9 Å². The highest BCUT2D eigenvalue weighted by atomic mass is 16.4. The van der Waals surface area contributed by atoms with E-state index in [9.17, 15) is 4.79 Å². The number of nitrogens with one attached hydrogen (secondary N) is 2. The van der Waals surface area contributed by atoms with Crippen LogP contribution in [0.1, 0.15) is 24.2 Å². The number of hydrogen-bond acceptors (Lipinski definition) is 3. The van der Waals surface area contributed by atoms with Gasteiger partial charge in [-0.15, -0.1) is 0 Å². The summed E-state index contributed by atoms with van der Waals surface area (Å²) in [6.45, 7) is 4.84. The van der Waals surface area contributed by atoms with Crippen molar-refractivity contribution in [3.05, 3.63) is 23.8 Å². The molecule has 1 heterocycles. The summed E-state index contributed by atoms with van der Waals surface area (Å²) in [5.74, 6) is -0.904. The van der Waals surface area contributed by atoms with E-state index in [0.717, 1.165) is 12.2 Å². The summed E-state index contributed by atoms with van der Waals surface area (Å²) in [7, 11) is 0. The fraction of sp³-hybridized carbons (Fsp3) is 0.364. The predicted octanol–water partition coefficient (Wildman–Crippen LogP) is 2.00. The van der Waals surface area contributed by atoms with Crippen LogP contribution in [0.15, 0.2) is 18.2 Å². The van der Waals surface area contributed by atoms with Crippen LogP contribution in [-0.2, 0) is 0 Å². The van der Waals surface area contributed by atoms with Crippen LogP contribution >= 0.6 is 0 Å². The van der Waals surface area contributed by atoms with Crippen LogP contribution in [0.3, 0.4) is 0 Å². The number of aromatic carboxylic acids is 1. The number of fused-ring (bicyclic) bond motifs is 1. The quantitative estimate of drug-likeness (QED) is 0.657. The molecular weight excluding hydrogens is 192 g/mol. The van der Waals surface area contributed by atoms with Gasteiger partial charge in [0.25, 0.3) is 0 Å². The number of carboxylic acid groups (broad SMARTS) is 1. The second-order valence-corrected chi connectivity index (χ2v) is 4.40. The molecule has 1 aliphatic heterocycles. The van der Waals surface area contributed by atoms with Gasteiger partial charge in [-0.2, -0.15) is 0 Å². The largest absolute Gasteiger partial charge is 0.478 e. The summed E-state index contributed by atoms with van der Waals surface area (Å²) in [5, 5.41) is 15.5. The van der Waals surface area contributed by atoms with Gasteiger partial charge in [0.05, 0.1) is 16.9 Å². The maximum atomic E-state index is 11.0. The van der Waals surface area contributed by atoms with Crippen molar-refractivity contribution in [2.75, 3.05) is 17.2 Å². The molecule has 0 fully saturated rings. The first-order chi connectivity index (χ1) is 6.99. The molecular formula is C11H14N2O2. The molecule has 0 saturated carbocycles. The van der Waals surface area contributed by atoms with Crippen molar-refractivity contribution >= 4 is 17.3 Å². The van der Waals surface area contributed by atoms with Crippen molar-refractivity contribution < 1.29 is 9.90 Å². The maximum absolute atomic E-state index is 11.0. The van der Waals surface area contributed by atoms with E-state index in [0.29, 0.717) is 11.3 Å². The van der Waals surface area contributed by atoms with Crippen molar-refractivity contribution in [2.45, 2.75) is 19.4 Å². The molecule has 4 nitrogen and oxygen atoms in total. The van der Waals surface area contributed by atoms with Crippen LogP contribution < -0.4 is 10.6 Å². The summed E-state index contributed by atoms with van der Waals surface area (Å²) >= 11 is 0. The first-order valence-corrected chi connectivity index (χ1v) is 4.88. The van der Waals surface area contributed by atoms with E-state index < -0.39 is 5.97 Å². The second kappa shape index (κ2) is 3.15. The first kappa shape index (κ1) is 9.83. The molecule has 1 aliphatic rings. The summed E-state index contributed by atoms with van der Waals surface area (Å²) in [4.78, 5) is 11.0. The lowest BCUT2D eigenvalue weighted by Crippen LogP contribution is -2.42. The summed E-state index contributed by atoms with van der Waals surface area (Å²) in [6, 6.07) is 5.23. The Morgan fingerprint density at radius 1 is 1.47 bits per heavy atom. The van der Waals surface area contributed by atoms with Crippen LogP contribution in [0.25, 0.3) is 0 Å². The van der Waals surface area contributed by atoms with Gasteiger partial charge in [-0.05, 0) is 26.0 Å². The topological polar surface area (TPSA) is 61.4 Å². The lowest BCUT2D eigenvalue weighted by atomic mass is 9.99. The van der Waals surface area contributed by atoms with Gasteiger partial charge in [-0.3, -0.25) is 0 Å². The Bertz CT molecular complexity index is 413. The van der Waals surface area contributed by atoms with Crippen LogP contribution in [0, 0.1) is 0 Å². The highest BCUT2D eigenvalue weighted by Gasteiger charge is 2.26. The van der Waals surface area contributed by atoms with Crippen LogP contribution in [0.2, 0.25) is 0 Å². The number of carboxylic acids is 1. The first-order valence-electron chi connectivity index (χ1n) is 4.88. The standard InChI is InChI=1S/C11H14N2O2/c1-11(2)6-12-8-5-3-4-7(10(14)15)9(8)13-11/h3-5,12-13H,6H2,1-2H3,(H,14,15). The van der Waals surface area contributed by atoms with Crippen molar-refractivity contribution in [3.63, 3.8) is 0 Å². The van der Waals surface area contributed by atoms with Gasteiger partial charge < -0.3 is 15.7 Å². The van der Waals surface area contributed by atoms with Gasteiger partial charge in [0.15, 0.2) is 0 Å². The molecule has 0 radical (unpaired) electrons. The molecule has 0 spiro atoms. The zero-order valence-electron chi connectivity index (χ0n) is 8.79. The van der Waals surface area contributed by atoms with Crippen LogP contribution in [-0.4, -0.2) is 23.2 Å². The second-order valence-electron chi connectivity index (χ2n) is 4.40. The summed E-state index contributed by atoms with van der Waals surface area (Å²) < 4.78 is 0. The molecule has 15 heavy (non-hydrogen) atoms. The molecule has 2 rings (SSSR count). The molecule has 0 aliphatic carbocycles. The fourth-order valence-corrected chi connectivity index (χ4v) is 1.71. The lowest BCUT2D eigenvalue weighted by molar-refractivity contribution is 0.0698. The normalized spacial score (nSPS) is 17.2. The zero-order chi connectivity index (χ0) is 11.1. The number of carbonyl (C=O) groups is 1. The minimum absolute atomic E-state index is 0.126. The van der Waals surface area contributed by atoms with E-state index in [2.05, 4.69) is 10.6 Å². The third-order valence-electron chi connectivity index (χ3n) is 2.48. The van der Waals surface area contributed by atoms with Crippen molar-refractivity contribution in [3.8, 4) is 0 Å². The molecule has 0 bridgehead atoms. The molecule has 3 N–H and O–H groups in total. The van der Waals surface area contributed by atoms with E-state index in [1.165, 1.54) is 0 Å². The minimum Gasteiger partial charge on any atom is -0.478 e. The van der Waals surface area contributed by atoms with E-state index >= 15 is 0 Å². The monoisotopic (exact) mass is 206 g/mol. The minimum atomic E-state index is -0.904. The Labute approximate surface area is 88.3 Å². The van der Waals surface area contributed by atoms with E-state index in [1.54, 1.807) is 12.1 Å². The molecule has 0 saturated heterocycles. The van der Waals surface area contributed by atoms with Gasteiger partial charge in [-0.25, -0.2) is 4.79 Å². The number of anilines is 2. The molecule has 1 aromatic rings. The smallest absolute Gasteiger partial charge is 0.337 e. The summed E-state index contributed by atoms with van der Waals surface area (Å²) in [5.41, 5.74) is 1.72. The number of rotatable bonds is 1. The van der Waals surface area contributed by atoms with Crippen molar-refractivity contribution in [2.24, 2.45) is 0 Å². The molecule has 4 heteroatoms. The maximum Gasteiger partial charge on any atom is 0.337 e. The number of benzene rings is 1. The van der Waals surface area contributed by atoms with Crippen molar-refractivity contribution in [1.82, 2.24) is 0 Å². The Morgan fingerprint density at radius 3 is 2.87 bits per heavy atom. The number of hydrogen-bond donors (Lipinski definition) is 3. The Balaban J connectivity index is 2.50. The average molecular weight is 206 g/mol.